The standard InChI is InChI=1S/C26H40F6O3/c1-14(6-11-24(35,25(27,28)29)26(30,31)32)17-4-5-18-16-13-21(34)20-12-15(33)7-9-23(20,3)19(16)8-10-22(17,18)2/h14-21,33-35H,4-13H2,1-3H3/t14-,15?,16+,17-,18+,19+,20?,21?,22-,23-/m1/s1. The largest absolute Gasteiger partial charge is 0.426 e. The molecule has 0 radical (unpaired) electrons. The Bertz CT molecular complexity index is 770. The van der Waals surface area contributed by atoms with Crippen molar-refractivity contribution in [1.82, 2.24) is 0 Å². The van der Waals surface area contributed by atoms with E-state index in [1.54, 1.807) is 6.92 Å². The van der Waals surface area contributed by atoms with Gasteiger partial charge in [0.15, 0.2) is 0 Å². The van der Waals surface area contributed by atoms with Gasteiger partial charge in [-0.15, -0.1) is 0 Å². The molecule has 204 valence electrons. The van der Waals surface area contributed by atoms with Crippen molar-refractivity contribution in [2.75, 3.05) is 0 Å². The molecule has 0 spiro atoms. The molecule has 4 rings (SSSR count). The van der Waals surface area contributed by atoms with E-state index in [1.807, 2.05) is 0 Å². The Morgan fingerprint density at radius 1 is 0.800 bits per heavy atom. The summed E-state index contributed by atoms with van der Waals surface area (Å²) in [5.41, 5.74) is -4.94. The Labute approximate surface area is 203 Å². The van der Waals surface area contributed by atoms with Crippen LogP contribution in [-0.2, 0) is 0 Å². The predicted molar refractivity (Wildman–Crippen MR) is 118 cm³/mol. The van der Waals surface area contributed by atoms with Crippen LogP contribution in [-0.4, -0.2) is 45.5 Å². The fourth-order valence-electron chi connectivity index (χ4n) is 9.34. The Kier molecular flexibility index (Phi) is 6.88. The van der Waals surface area contributed by atoms with E-state index >= 15 is 0 Å². The summed E-state index contributed by atoms with van der Waals surface area (Å²) in [6.45, 7) is 6.12. The molecule has 3 unspecified atom stereocenters. The van der Waals surface area contributed by atoms with E-state index in [0.717, 1.165) is 38.5 Å². The van der Waals surface area contributed by atoms with E-state index in [-0.39, 0.29) is 52.9 Å². The molecule has 0 bridgehead atoms. The number of hydrogen-bond acceptors (Lipinski definition) is 3. The van der Waals surface area contributed by atoms with Crippen molar-refractivity contribution >= 4 is 0 Å². The highest BCUT2D eigenvalue weighted by atomic mass is 19.4. The molecule has 0 aromatic rings. The van der Waals surface area contributed by atoms with Crippen molar-refractivity contribution in [1.29, 1.82) is 0 Å². The SMILES string of the molecule is C[C@H](CCC(O)(C(F)(F)F)C(F)(F)F)[C@H]1CC[C@H]2[C@@H]3CC(O)C4CC(O)CC[C@]4(C)[C@H]3CC[C@]12C. The van der Waals surface area contributed by atoms with E-state index in [1.165, 1.54) is 0 Å². The third kappa shape index (κ3) is 4.23. The van der Waals surface area contributed by atoms with Crippen molar-refractivity contribution in [3.63, 3.8) is 0 Å². The van der Waals surface area contributed by atoms with Crippen molar-refractivity contribution in [2.24, 2.45) is 46.3 Å². The highest BCUT2D eigenvalue weighted by Crippen LogP contribution is 2.68. The van der Waals surface area contributed by atoms with Gasteiger partial charge in [0.1, 0.15) is 0 Å². The van der Waals surface area contributed by atoms with Gasteiger partial charge in [-0.25, -0.2) is 0 Å². The van der Waals surface area contributed by atoms with E-state index in [9.17, 15) is 41.7 Å². The minimum Gasteiger partial charge on any atom is -0.393 e. The molecule has 3 N–H and O–H groups in total. The maximum atomic E-state index is 13.2. The second-order valence-electron chi connectivity index (χ2n) is 12.8. The molecule has 4 aliphatic carbocycles. The lowest BCUT2D eigenvalue weighted by molar-refractivity contribution is -0.370. The van der Waals surface area contributed by atoms with E-state index in [2.05, 4.69) is 13.8 Å². The Morgan fingerprint density at radius 3 is 1.97 bits per heavy atom. The van der Waals surface area contributed by atoms with Crippen molar-refractivity contribution in [2.45, 2.75) is 115 Å². The van der Waals surface area contributed by atoms with Crippen LogP contribution in [0.25, 0.3) is 0 Å². The molecule has 0 aromatic heterocycles. The summed E-state index contributed by atoms with van der Waals surface area (Å²) in [6, 6.07) is 0. The van der Waals surface area contributed by atoms with Crippen LogP contribution in [0.15, 0.2) is 0 Å². The number of halogens is 6. The van der Waals surface area contributed by atoms with E-state index in [4.69, 9.17) is 0 Å². The first kappa shape index (κ1) is 27.5. The summed E-state index contributed by atoms with van der Waals surface area (Å²) in [5.74, 6) is 0.623. The number of aliphatic hydroxyl groups is 3. The number of hydrogen-bond donors (Lipinski definition) is 3. The molecular formula is C26H40F6O3. The van der Waals surface area contributed by atoms with Crippen LogP contribution in [0.3, 0.4) is 0 Å². The van der Waals surface area contributed by atoms with Crippen molar-refractivity contribution in [3.05, 3.63) is 0 Å². The van der Waals surface area contributed by atoms with Gasteiger partial charge >= 0.3 is 12.4 Å². The van der Waals surface area contributed by atoms with Gasteiger partial charge in [-0.2, -0.15) is 26.3 Å². The van der Waals surface area contributed by atoms with Crippen LogP contribution < -0.4 is 0 Å². The van der Waals surface area contributed by atoms with Gasteiger partial charge in [-0.3, -0.25) is 0 Å². The molecule has 0 amide bonds. The summed E-state index contributed by atoms with van der Waals surface area (Å²) in [4.78, 5) is 0. The van der Waals surface area contributed by atoms with Crippen molar-refractivity contribution < 1.29 is 41.7 Å². The first-order valence-electron chi connectivity index (χ1n) is 13.2. The summed E-state index contributed by atoms with van der Waals surface area (Å²) < 4.78 is 79.1. The average Bonchev–Trinajstić information content (AvgIpc) is 3.09. The molecule has 0 aliphatic heterocycles. The summed E-state index contributed by atoms with van der Waals surface area (Å²) in [6.07, 6.45) is -7.87. The lowest BCUT2D eigenvalue weighted by atomic mass is 9.43. The zero-order valence-electron chi connectivity index (χ0n) is 20.8. The van der Waals surface area contributed by atoms with Crippen LogP contribution in [0.2, 0.25) is 0 Å². The molecule has 10 atom stereocenters. The van der Waals surface area contributed by atoms with Gasteiger partial charge in [0.25, 0.3) is 5.60 Å². The molecule has 4 aliphatic rings. The second-order valence-corrected chi connectivity index (χ2v) is 12.8. The van der Waals surface area contributed by atoms with E-state index < -0.39 is 30.5 Å². The van der Waals surface area contributed by atoms with Crippen LogP contribution in [0.5, 0.6) is 0 Å². The molecule has 35 heavy (non-hydrogen) atoms. The first-order valence-corrected chi connectivity index (χ1v) is 13.2. The third-order valence-corrected chi connectivity index (χ3v) is 11.3. The van der Waals surface area contributed by atoms with Gasteiger partial charge in [-0.1, -0.05) is 20.8 Å². The van der Waals surface area contributed by atoms with Gasteiger partial charge in [0, 0.05) is 0 Å². The number of fused-ring (bicyclic) bond motifs is 5. The maximum Gasteiger partial charge on any atom is 0.426 e. The summed E-state index contributed by atoms with van der Waals surface area (Å²) >= 11 is 0. The molecule has 3 nitrogen and oxygen atoms in total. The topological polar surface area (TPSA) is 60.7 Å². The maximum absolute atomic E-state index is 13.2. The fraction of sp³-hybridized carbons (Fsp3) is 1.00. The summed E-state index contributed by atoms with van der Waals surface area (Å²) in [5, 5.41) is 30.9. The quantitative estimate of drug-likeness (QED) is 0.389. The van der Waals surface area contributed by atoms with Crippen LogP contribution >= 0.6 is 0 Å². The van der Waals surface area contributed by atoms with Gasteiger partial charge in [-0.05, 0) is 111 Å². The zero-order chi connectivity index (χ0) is 26.2. The lowest BCUT2D eigenvalue weighted by Crippen LogP contribution is -2.58. The average molecular weight is 515 g/mol. The number of alkyl halides is 6. The second kappa shape index (κ2) is 8.75. The van der Waals surface area contributed by atoms with Gasteiger partial charge in [0.05, 0.1) is 12.2 Å². The Morgan fingerprint density at radius 2 is 1.37 bits per heavy atom. The van der Waals surface area contributed by atoms with Crippen LogP contribution in [0.1, 0.15) is 85.0 Å². The van der Waals surface area contributed by atoms with Crippen LogP contribution in [0.4, 0.5) is 26.3 Å². The number of aliphatic hydroxyl groups excluding tert-OH is 2. The number of rotatable bonds is 4. The molecule has 4 saturated carbocycles. The molecular weight excluding hydrogens is 474 g/mol. The molecule has 0 saturated heterocycles. The minimum atomic E-state index is -5.77. The predicted octanol–water partition coefficient (Wildman–Crippen LogP) is 6.25. The monoisotopic (exact) mass is 514 g/mol. The normalized spacial score (nSPS) is 45.4. The highest BCUT2D eigenvalue weighted by Gasteiger charge is 2.70. The van der Waals surface area contributed by atoms with Crippen molar-refractivity contribution in [3.8, 4) is 0 Å². The molecule has 4 fully saturated rings. The summed E-state index contributed by atoms with van der Waals surface area (Å²) in [7, 11) is 0. The minimum absolute atomic E-state index is 0.0185. The Balaban J connectivity index is 1.50. The molecule has 0 aromatic carbocycles. The fourth-order valence-corrected chi connectivity index (χ4v) is 9.34. The first-order chi connectivity index (χ1) is 16.0. The van der Waals surface area contributed by atoms with Crippen LogP contribution in [0, 0.1) is 46.3 Å². The van der Waals surface area contributed by atoms with Gasteiger partial charge in [0.2, 0.25) is 0 Å². The zero-order valence-corrected chi connectivity index (χ0v) is 20.8. The van der Waals surface area contributed by atoms with Gasteiger partial charge < -0.3 is 15.3 Å². The molecule has 0 heterocycles. The highest BCUT2D eigenvalue weighted by molar-refractivity contribution is 5.11. The smallest absolute Gasteiger partial charge is 0.393 e. The molecule has 9 heteroatoms. The lowest BCUT2D eigenvalue weighted by Gasteiger charge is -2.62. The third-order valence-electron chi connectivity index (χ3n) is 11.3. The Hall–Kier alpha value is -0.540. The van der Waals surface area contributed by atoms with E-state index in [0.29, 0.717) is 18.8 Å².